The number of hydrogen-bond donors (Lipinski definition) is 0. The molecule has 4 aromatic carbocycles. The van der Waals surface area contributed by atoms with Gasteiger partial charge in [0.2, 0.25) is 0 Å². The molecule has 0 saturated heterocycles. The van der Waals surface area contributed by atoms with E-state index >= 15 is 0 Å². The van der Waals surface area contributed by atoms with Gasteiger partial charge >= 0.3 is 12.4 Å². The van der Waals surface area contributed by atoms with Gasteiger partial charge in [-0.05, 0) is 74.2 Å². The quantitative estimate of drug-likeness (QED) is 0.182. The van der Waals surface area contributed by atoms with Crippen molar-refractivity contribution in [3.63, 3.8) is 0 Å². The van der Waals surface area contributed by atoms with E-state index < -0.39 is 23.3 Å². The maximum absolute atomic E-state index is 14.2. The van der Waals surface area contributed by atoms with Gasteiger partial charge in [-0.3, -0.25) is 4.98 Å². The van der Waals surface area contributed by atoms with Gasteiger partial charge in [-0.2, -0.15) is 26.3 Å². The summed E-state index contributed by atoms with van der Waals surface area (Å²) in [4.78, 5) is 4.25. The Morgan fingerprint density at radius 2 is 1.16 bits per heavy atom. The molecular formula is C37H33F6N. The van der Waals surface area contributed by atoms with Crippen molar-refractivity contribution in [1.82, 2.24) is 4.98 Å². The van der Waals surface area contributed by atoms with Crippen LogP contribution in [0, 0.1) is 5.41 Å². The normalized spacial score (nSPS) is 13.0. The van der Waals surface area contributed by atoms with E-state index in [0.717, 1.165) is 39.2 Å². The van der Waals surface area contributed by atoms with E-state index in [9.17, 15) is 26.3 Å². The van der Waals surface area contributed by atoms with Crippen molar-refractivity contribution in [3.05, 3.63) is 114 Å². The fraction of sp³-hybridized carbons (Fsp3) is 0.270. The number of alkyl halides is 6. The summed E-state index contributed by atoms with van der Waals surface area (Å²) in [6.45, 7) is 8.64. The number of hydrogen-bond acceptors (Lipinski definition) is 1. The van der Waals surface area contributed by atoms with Gasteiger partial charge in [-0.25, -0.2) is 0 Å². The molecular weight excluding hydrogens is 572 g/mol. The number of nitrogens with zero attached hydrogens (tertiary/aromatic N) is 1. The Labute approximate surface area is 253 Å². The van der Waals surface area contributed by atoms with Gasteiger partial charge in [0.25, 0.3) is 0 Å². The standard InChI is InChI=1S/C37H33F6N/c1-34(2,3)31-19-28(18-27-8-6-7-9-29(27)31)33-20-30(32(22-44-33)36(38,39)40)26-16-14-25(15-17-26)24-12-10-23(11-13-24)21-35(4,5)37(41,42)43/h6-20,22H,21H2,1-5H3. The first-order valence-electron chi connectivity index (χ1n) is 14.3. The number of pyridine rings is 1. The molecule has 228 valence electrons. The molecule has 7 heteroatoms. The molecule has 0 amide bonds. The summed E-state index contributed by atoms with van der Waals surface area (Å²) in [5, 5.41) is 2.07. The zero-order chi connectivity index (χ0) is 32.1. The van der Waals surface area contributed by atoms with Gasteiger partial charge in [-0.1, -0.05) is 107 Å². The minimum absolute atomic E-state index is 0.0178. The molecule has 44 heavy (non-hydrogen) atoms. The van der Waals surface area contributed by atoms with Crippen molar-refractivity contribution < 1.29 is 26.3 Å². The highest BCUT2D eigenvalue weighted by Crippen LogP contribution is 2.42. The fourth-order valence-corrected chi connectivity index (χ4v) is 5.42. The zero-order valence-electron chi connectivity index (χ0n) is 25.2. The summed E-state index contributed by atoms with van der Waals surface area (Å²) in [7, 11) is 0. The molecule has 0 aliphatic rings. The van der Waals surface area contributed by atoms with E-state index in [1.54, 1.807) is 48.5 Å². The van der Waals surface area contributed by atoms with Gasteiger partial charge in [0.05, 0.1) is 16.7 Å². The highest BCUT2D eigenvalue weighted by Gasteiger charge is 2.47. The number of benzene rings is 4. The lowest BCUT2D eigenvalue weighted by Crippen LogP contribution is -2.34. The molecule has 0 aliphatic carbocycles. The molecule has 1 heterocycles. The van der Waals surface area contributed by atoms with Crippen LogP contribution in [-0.4, -0.2) is 11.2 Å². The molecule has 0 bridgehead atoms. The molecule has 0 radical (unpaired) electrons. The lowest BCUT2D eigenvalue weighted by atomic mass is 9.82. The Balaban J connectivity index is 1.52. The maximum Gasteiger partial charge on any atom is 0.418 e. The van der Waals surface area contributed by atoms with E-state index in [4.69, 9.17) is 0 Å². The van der Waals surface area contributed by atoms with Crippen molar-refractivity contribution in [3.8, 4) is 33.5 Å². The predicted molar refractivity (Wildman–Crippen MR) is 165 cm³/mol. The number of rotatable bonds is 5. The summed E-state index contributed by atoms with van der Waals surface area (Å²) in [5.41, 5.74) is 1.78. The van der Waals surface area contributed by atoms with Crippen LogP contribution in [0.25, 0.3) is 44.3 Å². The Kier molecular flexibility index (Phi) is 7.90. The highest BCUT2D eigenvalue weighted by atomic mass is 19.4. The van der Waals surface area contributed by atoms with Crippen LogP contribution in [0.2, 0.25) is 0 Å². The molecule has 0 N–H and O–H groups in total. The van der Waals surface area contributed by atoms with E-state index in [1.807, 2.05) is 36.4 Å². The second-order valence-electron chi connectivity index (χ2n) is 12.9. The van der Waals surface area contributed by atoms with Crippen molar-refractivity contribution in [2.75, 3.05) is 0 Å². The third-order valence-electron chi connectivity index (χ3n) is 8.07. The lowest BCUT2D eigenvalue weighted by Gasteiger charge is -2.27. The largest absolute Gasteiger partial charge is 0.418 e. The predicted octanol–water partition coefficient (Wildman–Crippen LogP) is 11.7. The van der Waals surface area contributed by atoms with Crippen LogP contribution in [0.5, 0.6) is 0 Å². The zero-order valence-corrected chi connectivity index (χ0v) is 25.2. The summed E-state index contributed by atoms with van der Waals surface area (Å²) in [6, 6.07) is 26.9. The smallest absolute Gasteiger partial charge is 0.256 e. The monoisotopic (exact) mass is 605 g/mol. The molecule has 0 fully saturated rings. The third kappa shape index (κ3) is 6.37. The Morgan fingerprint density at radius 1 is 0.591 bits per heavy atom. The van der Waals surface area contributed by atoms with Gasteiger partial charge in [0.1, 0.15) is 0 Å². The molecule has 0 spiro atoms. The highest BCUT2D eigenvalue weighted by molar-refractivity contribution is 5.91. The first-order chi connectivity index (χ1) is 20.4. The summed E-state index contributed by atoms with van der Waals surface area (Å²) >= 11 is 0. The van der Waals surface area contributed by atoms with Crippen molar-refractivity contribution in [2.45, 2.75) is 58.8 Å². The van der Waals surface area contributed by atoms with Crippen LogP contribution >= 0.6 is 0 Å². The summed E-state index contributed by atoms with van der Waals surface area (Å²) in [5.74, 6) is 0. The van der Waals surface area contributed by atoms with Gasteiger partial charge in [-0.15, -0.1) is 0 Å². The first kappa shape index (κ1) is 31.3. The van der Waals surface area contributed by atoms with Crippen LogP contribution in [0.1, 0.15) is 51.3 Å². The SMILES string of the molecule is CC(C)(C)c1cc(-c2cc(-c3ccc(-c4ccc(CC(C)(C)C(F)(F)F)cc4)cc3)c(C(F)(F)F)cn2)cc2ccccc12. The molecule has 1 aromatic heterocycles. The first-order valence-corrected chi connectivity index (χ1v) is 14.3. The third-order valence-corrected chi connectivity index (χ3v) is 8.07. The molecule has 0 saturated carbocycles. The number of halogens is 6. The van der Waals surface area contributed by atoms with E-state index in [-0.39, 0.29) is 17.4 Å². The van der Waals surface area contributed by atoms with Crippen LogP contribution < -0.4 is 0 Å². The lowest BCUT2D eigenvalue weighted by molar-refractivity contribution is -0.211. The van der Waals surface area contributed by atoms with Crippen LogP contribution in [0.4, 0.5) is 26.3 Å². The molecule has 5 rings (SSSR count). The average Bonchev–Trinajstić information content (AvgIpc) is 2.95. The van der Waals surface area contributed by atoms with Gasteiger partial charge in [0.15, 0.2) is 0 Å². The Morgan fingerprint density at radius 3 is 1.73 bits per heavy atom. The summed E-state index contributed by atoms with van der Waals surface area (Å²) < 4.78 is 82.4. The second-order valence-corrected chi connectivity index (χ2v) is 12.9. The average molecular weight is 606 g/mol. The summed E-state index contributed by atoms with van der Waals surface area (Å²) in [6.07, 6.45) is -8.20. The van der Waals surface area contributed by atoms with E-state index in [2.05, 4.69) is 25.8 Å². The minimum Gasteiger partial charge on any atom is -0.256 e. The molecule has 0 atom stereocenters. The fourth-order valence-electron chi connectivity index (χ4n) is 5.42. The molecule has 1 nitrogen and oxygen atoms in total. The van der Waals surface area contributed by atoms with E-state index in [0.29, 0.717) is 16.8 Å². The van der Waals surface area contributed by atoms with Crippen molar-refractivity contribution in [1.29, 1.82) is 0 Å². The van der Waals surface area contributed by atoms with Gasteiger partial charge in [0, 0.05) is 11.8 Å². The van der Waals surface area contributed by atoms with Crippen LogP contribution in [-0.2, 0) is 18.0 Å². The van der Waals surface area contributed by atoms with Crippen LogP contribution in [0.15, 0.2) is 97.2 Å². The molecule has 0 aliphatic heterocycles. The van der Waals surface area contributed by atoms with Gasteiger partial charge < -0.3 is 0 Å². The topological polar surface area (TPSA) is 12.9 Å². The second kappa shape index (κ2) is 11.1. The van der Waals surface area contributed by atoms with Crippen molar-refractivity contribution >= 4 is 10.8 Å². The maximum atomic E-state index is 14.2. The van der Waals surface area contributed by atoms with E-state index in [1.165, 1.54) is 19.9 Å². The Bertz CT molecular complexity index is 1790. The minimum atomic E-state index is -4.61. The van der Waals surface area contributed by atoms with Crippen molar-refractivity contribution in [2.24, 2.45) is 5.41 Å². The van der Waals surface area contributed by atoms with Crippen LogP contribution in [0.3, 0.4) is 0 Å². The number of aromatic nitrogens is 1. The number of fused-ring (bicyclic) bond motifs is 1. The molecule has 5 aromatic rings. The Hall–Kier alpha value is -4.13. The molecule has 0 unspecified atom stereocenters.